The van der Waals surface area contributed by atoms with Gasteiger partial charge in [0.25, 0.3) is 0 Å². The van der Waals surface area contributed by atoms with Crippen LogP contribution >= 0.6 is 0 Å². The predicted octanol–water partition coefficient (Wildman–Crippen LogP) is 3.35. The molecule has 0 aliphatic carbocycles. The minimum absolute atomic E-state index is 0.310. The molecule has 0 aliphatic heterocycles. The van der Waals surface area contributed by atoms with Crippen molar-refractivity contribution in [3.05, 3.63) is 48.2 Å². The number of rotatable bonds is 4. The molecule has 108 valence electrons. The lowest BCUT2D eigenvalue weighted by Crippen LogP contribution is -2.05. The fourth-order valence-corrected chi connectivity index (χ4v) is 2.13. The molecule has 0 unspecified atom stereocenters. The molecule has 0 radical (unpaired) electrons. The van der Waals surface area contributed by atoms with E-state index in [1.54, 1.807) is 12.3 Å². The van der Waals surface area contributed by atoms with E-state index in [0.29, 0.717) is 23.0 Å². The molecule has 5 nitrogen and oxygen atoms in total. The highest BCUT2D eigenvalue weighted by molar-refractivity contribution is 5.71. The van der Waals surface area contributed by atoms with Gasteiger partial charge in [-0.3, -0.25) is 0 Å². The van der Waals surface area contributed by atoms with Crippen molar-refractivity contribution in [2.24, 2.45) is 0 Å². The van der Waals surface area contributed by atoms with Crippen molar-refractivity contribution in [1.29, 1.82) is 0 Å². The van der Waals surface area contributed by atoms with Gasteiger partial charge in [-0.05, 0) is 31.5 Å². The van der Waals surface area contributed by atoms with Crippen LogP contribution in [0.25, 0.3) is 5.65 Å². The molecule has 0 spiro atoms. The maximum absolute atomic E-state index is 14.0. The number of benzene rings is 1. The molecular weight excluding hydrogens is 269 g/mol. The first-order valence-electron chi connectivity index (χ1n) is 6.78. The molecule has 0 aliphatic rings. The second kappa shape index (κ2) is 5.40. The third-order valence-electron chi connectivity index (χ3n) is 3.11. The van der Waals surface area contributed by atoms with Gasteiger partial charge in [-0.15, -0.1) is 0 Å². The summed E-state index contributed by atoms with van der Waals surface area (Å²) in [6.07, 6.45) is 5.36. The fourth-order valence-electron chi connectivity index (χ4n) is 2.13. The Balaban J connectivity index is 2.04. The van der Waals surface area contributed by atoms with Gasteiger partial charge in [0.2, 0.25) is 0 Å². The Kier molecular flexibility index (Phi) is 3.43. The monoisotopic (exact) mass is 285 g/mol. The summed E-state index contributed by atoms with van der Waals surface area (Å²) in [6.45, 7) is 4.60. The quantitative estimate of drug-likeness (QED) is 0.772. The van der Waals surface area contributed by atoms with E-state index in [9.17, 15) is 4.39 Å². The first kappa shape index (κ1) is 13.4. The molecule has 3 aromatic rings. The summed E-state index contributed by atoms with van der Waals surface area (Å²) in [4.78, 5) is 8.70. The van der Waals surface area contributed by atoms with Crippen LogP contribution in [0.2, 0.25) is 0 Å². The maximum atomic E-state index is 14.0. The number of hydrogen-bond donors (Lipinski definition) is 2. The SMILES string of the molecule is CCNc1cn2ccnc2c(Nc2ccc(C)cc2F)n1. The summed E-state index contributed by atoms with van der Waals surface area (Å²) < 4.78 is 15.8. The van der Waals surface area contributed by atoms with Crippen LogP contribution in [0.4, 0.5) is 21.7 Å². The Bertz CT molecular complexity index is 781. The van der Waals surface area contributed by atoms with Crippen LogP contribution in [-0.2, 0) is 0 Å². The van der Waals surface area contributed by atoms with Crippen molar-refractivity contribution < 1.29 is 4.39 Å². The maximum Gasteiger partial charge on any atom is 0.180 e. The van der Waals surface area contributed by atoms with E-state index < -0.39 is 0 Å². The van der Waals surface area contributed by atoms with E-state index in [0.717, 1.165) is 12.1 Å². The molecule has 21 heavy (non-hydrogen) atoms. The molecule has 3 rings (SSSR count). The van der Waals surface area contributed by atoms with Crippen molar-refractivity contribution in [2.45, 2.75) is 13.8 Å². The van der Waals surface area contributed by atoms with E-state index >= 15 is 0 Å². The third kappa shape index (κ3) is 2.65. The molecule has 2 heterocycles. The van der Waals surface area contributed by atoms with Crippen LogP contribution in [0, 0.1) is 12.7 Å². The highest BCUT2D eigenvalue weighted by Crippen LogP contribution is 2.23. The van der Waals surface area contributed by atoms with Gasteiger partial charge in [-0.2, -0.15) is 0 Å². The van der Waals surface area contributed by atoms with E-state index in [4.69, 9.17) is 0 Å². The Labute approximate surface area is 121 Å². The molecular formula is C15H16FN5. The Morgan fingerprint density at radius 1 is 1.33 bits per heavy atom. The summed E-state index contributed by atoms with van der Waals surface area (Å²) in [7, 11) is 0. The van der Waals surface area contributed by atoms with Crippen molar-refractivity contribution in [3.8, 4) is 0 Å². The van der Waals surface area contributed by atoms with Gasteiger partial charge in [0.1, 0.15) is 11.6 Å². The topological polar surface area (TPSA) is 54.2 Å². The second-order valence-corrected chi connectivity index (χ2v) is 4.77. The lowest BCUT2D eigenvalue weighted by atomic mass is 10.2. The number of anilines is 3. The second-order valence-electron chi connectivity index (χ2n) is 4.77. The number of halogens is 1. The largest absolute Gasteiger partial charge is 0.369 e. The zero-order valence-corrected chi connectivity index (χ0v) is 11.9. The normalized spacial score (nSPS) is 10.8. The molecule has 2 aromatic heterocycles. The number of fused-ring (bicyclic) bond motifs is 1. The average Bonchev–Trinajstić information content (AvgIpc) is 2.91. The fraction of sp³-hybridized carbons (Fsp3) is 0.200. The number of imidazole rings is 1. The number of hydrogen-bond acceptors (Lipinski definition) is 4. The minimum atomic E-state index is -0.310. The van der Waals surface area contributed by atoms with Gasteiger partial charge >= 0.3 is 0 Å². The molecule has 0 amide bonds. The van der Waals surface area contributed by atoms with Crippen molar-refractivity contribution in [2.75, 3.05) is 17.2 Å². The number of nitrogens with one attached hydrogen (secondary N) is 2. The van der Waals surface area contributed by atoms with E-state index in [1.807, 2.05) is 36.7 Å². The Morgan fingerprint density at radius 2 is 2.19 bits per heavy atom. The summed E-state index contributed by atoms with van der Waals surface area (Å²) in [6, 6.07) is 5.03. The van der Waals surface area contributed by atoms with Crippen LogP contribution in [-0.4, -0.2) is 20.9 Å². The average molecular weight is 285 g/mol. The summed E-state index contributed by atoms with van der Waals surface area (Å²) in [5, 5.41) is 6.16. The molecule has 0 saturated heterocycles. The van der Waals surface area contributed by atoms with Crippen molar-refractivity contribution in [1.82, 2.24) is 14.4 Å². The van der Waals surface area contributed by atoms with Gasteiger partial charge in [-0.25, -0.2) is 14.4 Å². The van der Waals surface area contributed by atoms with E-state index in [2.05, 4.69) is 20.6 Å². The number of aryl methyl sites for hydroxylation is 1. The van der Waals surface area contributed by atoms with Crippen LogP contribution < -0.4 is 10.6 Å². The molecule has 2 N–H and O–H groups in total. The van der Waals surface area contributed by atoms with Crippen LogP contribution in [0.5, 0.6) is 0 Å². The van der Waals surface area contributed by atoms with Gasteiger partial charge in [0.15, 0.2) is 11.5 Å². The van der Waals surface area contributed by atoms with Gasteiger partial charge in [0, 0.05) is 18.9 Å². The summed E-state index contributed by atoms with van der Waals surface area (Å²) in [5.74, 6) is 0.912. The number of nitrogens with zero attached hydrogens (tertiary/aromatic N) is 3. The van der Waals surface area contributed by atoms with Crippen LogP contribution in [0.15, 0.2) is 36.8 Å². The summed E-state index contributed by atoms with van der Waals surface area (Å²) >= 11 is 0. The molecule has 0 bridgehead atoms. The lowest BCUT2D eigenvalue weighted by Gasteiger charge is -2.11. The Morgan fingerprint density at radius 3 is 2.95 bits per heavy atom. The first-order valence-corrected chi connectivity index (χ1v) is 6.78. The van der Waals surface area contributed by atoms with Gasteiger partial charge in [0.05, 0.1) is 11.9 Å². The lowest BCUT2D eigenvalue weighted by molar-refractivity contribution is 0.630. The van der Waals surface area contributed by atoms with Crippen molar-refractivity contribution in [3.63, 3.8) is 0 Å². The van der Waals surface area contributed by atoms with Gasteiger partial charge in [-0.1, -0.05) is 6.07 Å². The van der Waals surface area contributed by atoms with E-state index in [-0.39, 0.29) is 5.82 Å². The summed E-state index contributed by atoms with van der Waals surface area (Å²) in [5.41, 5.74) is 1.90. The highest BCUT2D eigenvalue weighted by Gasteiger charge is 2.10. The molecule has 6 heteroatoms. The standard InChI is InChI=1S/C15H16FN5/c1-3-17-13-9-21-7-6-18-15(21)14(20-13)19-12-5-4-10(2)8-11(12)16/h4-9,17H,3H2,1-2H3,(H,19,20). The zero-order chi connectivity index (χ0) is 14.8. The van der Waals surface area contributed by atoms with E-state index in [1.165, 1.54) is 6.07 Å². The van der Waals surface area contributed by atoms with Crippen LogP contribution in [0.1, 0.15) is 12.5 Å². The molecule has 0 atom stereocenters. The van der Waals surface area contributed by atoms with Crippen LogP contribution in [0.3, 0.4) is 0 Å². The number of aromatic nitrogens is 3. The molecule has 1 aromatic carbocycles. The molecule has 0 saturated carbocycles. The molecule has 0 fully saturated rings. The highest BCUT2D eigenvalue weighted by atomic mass is 19.1. The van der Waals surface area contributed by atoms with Gasteiger partial charge < -0.3 is 15.0 Å². The van der Waals surface area contributed by atoms with Crippen molar-refractivity contribution >= 4 is 23.0 Å². The third-order valence-corrected chi connectivity index (χ3v) is 3.11. The zero-order valence-electron chi connectivity index (χ0n) is 11.9. The Hall–Kier alpha value is -2.63. The smallest absolute Gasteiger partial charge is 0.180 e. The minimum Gasteiger partial charge on any atom is -0.369 e. The first-order chi connectivity index (χ1) is 10.2. The predicted molar refractivity (Wildman–Crippen MR) is 81.6 cm³/mol.